The van der Waals surface area contributed by atoms with Crippen LogP contribution in [-0.2, 0) is 25.2 Å². The quantitative estimate of drug-likeness (QED) is 0.212. The number of anilines is 1. The number of ether oxygens (including phenoxy) is 4. The molecule has 1 aromatic carbocycles. The van der Waals surface area contributed by atoms with Crippen LogP contribution < -0.4 is 9.64 Å². The molecule has 0 spiro atoms. The van der Waals surface area contributed by atoms with Gasteiger partial charge in [0, 0.05) is 47.5 Å². The Balaban J connectivity index is 1.34. The van der Waals surface area contributed by atoms with Crippen molar-refractivity contribution < 1.29 is 28.2 Å². The van der Waals surface area contributed by atoms with Gasteiger partial charge < -0.3 is 33.2 Å². The normalized spacial score (nSPS) is 21.5. The lowest BCUT2D eigenvalue weighted by molar-refractivity contribution is -0.168. The molecule has 3 aromatic rings. The highest BCUT2D eigenvalue weighted by molar-refractivity contribution is 7.19. The number of pyridine rings is 1. The molecule has 0 radical (unpaired) electrons. The second kappa shape index (κ2) is 14.4. The first-order valence-electron chi connectivity index (χ1n) is 17.9. The van der Waals surface area contributed by atoms with Crippen molar-refractivity contribution in [2.45, 2.75) is 116 Å². The molecule has 3 aliphatic heterocycles. The first-order valence-corrected chi connectivity index (χ1v) is 21.6. The van der Waals surface area contributed by atoms with Crippen molar-refractivity contribution in [1.29, 1.82) is 5.26 Å². The van der Waals surface area contributed by atoms with Gasteiger partial charge in [-0.1, -0.05) is 20.8 Å². The van der Waals surface area contributed by atoms with Crippen LogP contribution in [0.15, 0.2) is 30.5 Å². The molecular formula is C38H52N4O6SSi. The van der Waals surface area contributed by atoms with Gasteiger partial charge in [-0.2, -0.15) is 5.26 Å². The zero-order chi connectivity index (χ0) is 35.8. The van der Waals surface area contributed by atoms with Crippen LogP contribution >= 0.6 is 11.3 Å². The third-order valence-corrected chi connectivity index (χ3v) is 15.9. The number of amides is 1. The highest BCUT2D eigenvalue weighted by Gasteiger charge is 2.43. The predicted octanol–water partition coefficient (Wildman–Crippen LogP) is 8.48. The summed E-state index contributed by atoms with van der Waals surface area (Å²) in [6.07, 6.45) is 4.92. The SMILES string of the molecule is CC(C)(C)OC(=O)N1C[C@@H](N2CCOc3cc(C#N)cc(-c4ccnc5cc(CO[Si](C)(C)C(C)(C)C)sc45)c32)C[C@H]1CO[C@H]1CCCCO1. The predicted molar refractivity (Wildman–Crippen MR) is 199 cm³/mol. The van der Waals surface area contributed by atoms with E-state index in [0.29, 0.717) is 57.3 Å². The second-order valence-electron chi connectivity index (χ2n) is 16.2. The van der Waals surface area contributed by atoms with Crippen LogP contribution in [0.2, 0.25) is 18.1 Å². The Morgan fingerprint density at radius 3 is 2.62 bits per heavy atom. The lowest BCUT2D eigenvalue weighted by atomic mass is 9.97. The highest BCUT2D eigenvalue weighted by atomic mass is 32.1. The van der Waals surface area contributed by atoms with Gasteiger partial charge >= 0.3 is 6.09 Å². The van der Waals surface area contributed by atoms with Gasteiger partial charge in [0.05, 0.1) is 53.3 Å². The highest BCUT2D eigenvalue weighted by Crippen LogP contribution is 2.47. The molecule has 6 rings (SSSR count). The van der Waals surface area contributed by atoms with Gasteiger partial charge in [-0.3, -0.25) is 4.98 Å². The maximum Gasteiger partial charge on any atom is 0.410 e. The summed E-state index contributed by atoms with van der Waals surface area (Å²) < 4.78 is 31.9. The molecule has 12 heteroatoms. The summed E-state index contributed by atoms with van der Waals surface area (Å²) in [6.45, 7) is 20.2. The van der Waals surface area contributed by atoms with E-state index in [1.807, 2.05) is 50.1 Å². The van der Waals surface area contributed by atoms with Crippen molar-refractivity contribution in [1.82, 2.24) is 9.88 Å². The van der Waals surface area contributed by atoms with Gasteiger partial charge in [0.25, 0.3) is 0 Å². The van der Waals surface area contributed by atoms with E-state index >= 15 is 0 Å². The van der Waals surface area contributed by atoms with Crippen molar-refractivity contribution >= 4 is 41.7 Å². The smallest absolute Gasteiger partial charge is 0.410 e. The van der Waals surface area contributed by atoms with Crippen LogP contribution in [0.25, 0.3) is 21.3 Å². The van der Waals surface area contributed by atoms with Crippen LogP contribution in [0, 0.1) is 11.3 Å². The fraction of sp³-hybridized carbons (Fsp3) is 0.605. The van der Waals surface area contributed by atoms with E-state index in [2.05, 4.69) is 50.9 Å². The Kier molecular flexibility index (Phi) is 10.6. The second-order valence-corrected chi connectivity index (χ2v) is 22.1. The molecule has 0 aliphatic carbocycles. The third-order valence-electron chi connectivity index (χ3n) is 10.3. The summed E-state index contributed by atoms with van der Waals surface area (Å²) in [4.78, 5) is 23.7. The Morgan fingerprint density at radius 2 is 1.92 bits per heavy atom. The van der Waals surface area contributed by atoms with E-state index in [0.717, 1.165) is 51.2 Å². The Morgan fingerprint density at radius 1 is 1.12 bits per heavy atom. The molecule has 0 N–H and O–H groups in total. The summed E-state index contributed by atoms with van der Waals surface area (Å²) in [5.74, 6) is 0.674. The molecule has 3 aliphatic rings. The van der Waals surface area contributed by atoms with Crippen LogP contribution in [-0.4, -0.2) is 81.2 Å². The molecule has 0 bridgehead atoms. The Hall–Kier alpha value is -3.21. The molecule has 50 heavy (non-hydrogen) atoms. The van der Waals surface area contributed by atoms with E-state index in [1.165, 1.54) is 0 Å². The summed E-state index contributed by atoms with van der Waals surface area (Å²) in [7, 11) is -1.95. The molecule has 2 saturated heterocycles. The van der Waals surface area contributed by atoms with Gasteiger partial charge in [0.15, 0.2) is 14.6 Å². The number of nitrogens with zero attached hydrogens (tertiary/aromatic N) is 4. The molecule has 0 saturated carbocycles. The molecule has 1 amide bonds. The first-order chi connectivity index (χ1) is 23.6. The summed E-state index contributed by atoms with van der Waals surface area (Å²) in [5.41, 5.74) is 3.66. The van der Waals surface area contributed by atoms with E-state index in [9.17, 15) is 10.1 Å². The molecule has 3 atom stereocenters. The van der Waals surface area contributed by atoms with Gasteiger partial charge in [0.1, 0.15) is 18.0 Å². The zero-order valence-electron chi connectivity index (χ0n) is 30.8. The number of aromatic nitrogens is 1. The number of fused-ring (bicyclic) bond motifs is 2. The summed E-state index contributed by atoms with van der Waals surface area (Å²) >= 11 is 1.69. The van der Waals surface area contributed by atoms with Crippen molar-refractivity contribution in [3.8, 4) is 22.9 Å². The standard InChI is InChI=1S/C38H52N4O6SSi/c1-37(2,3)48-36(43)42-22-26(19-27(42)23-46-33-11-9-10-15-45-33)41-14-16-44-32-18-25(21-39)17-30(34(32)41)29-12-13-40-31-20-28(49-35(29)31)24-47-50(7,8)38(4,5)6/h12-13,17-18,20,26-27,33H,9-11,14-16,19,22-24H2,1-8H3/t26-,27-,33-/m0/s1. The van der Waals surface area contributed by atoms with E-state index in [4.69, 9.17) is 28.4 Å². The molecule has 5 heterocycles. The average Bonchev–Trinajstić information content (AvgIpc) is 3.69. The maximum absolute atomic E-state index is 13.6. The number of carbonyl (C=O) groups is 1. The van der Waals surface area contributed by atoms with Crippen LogP contribution in [0.1, 0.15) is 77.7 Å². The minimum Gasteiger partial charge on any atom is -0.489 e. The van der Waals surface area contributed by atoms with Crippen molar-refractivity contribution in [3.63, 3.8) is 0 Å². The Labute approximate surface area is 301 Å². The van der Waals surface area contributed by atoms with Gasteiger partial charge in [-0.25, -0.2) is 4.79 Å². The fourth-order valence-electron chi connectivity index (χ4n) is 6.63. The molecule has 0 unspecified atom stereocenters. The number of nitriles is 1. The number of likely N-dealkylation sites (tertiary alicyclic amines) is 1. The maximum atomic E-state index is 13.6. The molecule has 2 fully saturated rings. The van der Waals surface area contributed by atoms with Gasteiger partial charge in [-0.05, 0) is 82.8 Å². The number of hydrogen-bond donors (Lipinski definition) is 0. The molecule has 10 nitrogen and oxygen atoms in total. The lowest BCUT2D eigenvalue weighted by Crippen LogP contribution is -2.45. The van der Waals surface area contributed by atoms with Crippen LogP contribution in [0.5, 0.6) is 5.75 Å². The first kappa shape index (κ1) is 36.6. The Bertz CT molecular complexity index is 1740. The van der Waals surface area contributed by atoms with Crippen molar-refractivity contribution in [2.75, 3.05) is 37.8 Å². The number of hydrogen-bond acceptors (Lipinski definition) is 10. The summed E-state index contributed by atoms with van der Waals surface area (Å²) in [6, 6.07) is 10.1. The van der Waals surface area contributed by atoms with Gasteiger partial charge in [-0.15, -0.1) is 11.3 Å². The fourth-order valence-corrected chi connectivity index (χ4v) is 8.74. The minimum atomic E-state index is -1.95. The topological polar surface area (TPSA) is 106 Å². The lowest BCUT2D eigenvalue weighted by Gasteiger charge is -2.37. The van der Waals surface area contributed by atoms with Gasteiger partial charge in [0.2, 0.25) is 0 Å². The molecular weight excluding hydrogens is 669 g/mol. The van der Waals surface area contributed by atoms with Crippen molar-refractivity contribution in [2.24, 2.45) is 0 Å². The number of thiophene rings is 1. The average molecular weight is 721 g/mol. The van der Waals surface area contributed by atoms with Crippen LogP contribution in [0.3, 0.4) is 0 Å². The summed E-state index contributed by atoms with van der Waals surface area (Å²) in [5, 5.41) is 10.2. The van der Waals surface area contributed by atoms with E-state index in [1.54, 1.807) is 11.3 Å². The van der Waals surface area contributed by atoms with E-state index in [-0.39, 0.29) is 29.5 Å². The zero-order valence-corrected chi connectivity index (χ0v) is 32.7. The number of benzene rings is 1. The molecule has 270 valence electrons. The van der Waals surface area contributed by atoms with E-state index < -0.39 is 13.9 Å². The minimum absolute atomic E-state index is 0.0214. The third kappa shape index (κ3) is 7.97. The number of carbonyl (C=O) groups excluding carboxylic acids is 1. The largest absolute Gasteiger partial charge is 0.489 e. The molecule has 2 aromatic heterocycles. The number of rotatable bonds is 8. The monoisotopic (exact) mass is 720 g/mol. The van der Waals surface area contributed by atoms with Crippen molar-refractivity contribution in [3.05, 3.63) is 40.9 Å². The van der Waals surface area contributed by atoms with Crippen LogP contribution in [0.4, 0.5) is 10.5 Å².